The van der Waals surface area contributed by atoms with Crippen LogP contribution in [0.15, 0.2) is 78.1 Å². The molecule has 3 aromatic carbocycles. The summed E-state index contributed by atoms with van der Waals surface area (Å²) >= 11 is 1.22. The lowest BCUT2D eigenvalue weighted by Crippen LogP contribution is -2.15. The van der Waals surface area contributed by atoms with Crippen molar-refractivity contribution in [3.63, 3.8) is 0 Å². The number of thioether (sulfide) groups is 1. The van der Waals surface area contributed by atoms with Crippen LogP contribution in [0, 0.1) is 5.82 Å². The van der Waals surface area contributed by atoms with Crippen LogP contribution in [0.3, 0.4) is 0 Å². The minimum absolute atomic E-state index is 0.0631. The number of hydrogen-bond acceptors (Lipinski definition) is 6. The van der Waals surface area contributed by atoms with Crippen molar-refractivity contribution < 1.29 is 18.7 Å². The molecular weight excluding hydrogens is 481 g/mol. The van der Waals surface area contributed by atoms with E-state index in [0.29, 0.717) is 33.9 Å². The Labute approximate surface area is 210 Å². The molecule has 0 aliphatic rings. The van der Waals surface area contributed by atoms with Crippen molar-refractivity contribution in [2.24, 2.45) is 0 Å². The Hall–Kier alpha value is -4.31. The van der Waals surface area contributed by atoms with Gasteiger partial charge in [-0.05, 0) is 42.5 Å². The molecule has 5 aromatic rings. The van der Waals surface area contributed by atoms with Crippen LogP contribution < -0.4 is 14.8 Å². The van der Waals surface area contributed by atoms with Crippen molar-refractivity contribution in [1.29, 1.82) is 0 Å². The van der Waals surface area contributed by atoms with E-state index in [4.69, 9.17) is 9.47 Å². The standard InChI is InChI=1S/C26H22FN5O3S/c1-34-18-11-12-23(35-2)22(13-18)29-24(33)15-36-26-31-30-25(32(26)17-9-7-16(27)8-10-17)20-14-28-21-6-4-3-5-19(20)21/h3-14,28H,15H2,1-2H3,(H,29,33). The number of rotatable bonds is 8. The predicted molar refractivity (Wildman–Crippen MR) is 138 cm³/mol. The lowest BCUT2D eigenvalue weighted by atomic mass is 10.1. The van der Waals surface area contributed by atoms with Gasteiger partial charge < -0.3 is 19.8 Å². The summed E-state index contributed by atoms with van der Waals surface area (Å²) in [5, 5.41) is 13.1. The SMILES string of the molecule is COc1ccc(OC)c(NC(=O)CSc2nnc(-c3c[nH]c4ccccc34)n2-c2ccc(F)cc2)c1. The zero-order valence-corrected chi connectivity index (χ0v) is 20.3. The molecule has 182 valence electrons. The minimum Gasteiger partial charge on any atom is -0.497 e. The van der Waals surface area contributed by atoms with E-state index in [1.807, 2.05) is 35.0 Å². The van der Waals surface area contributed by atoms with Crippen LogP contribution in [0.1, 0.15) is 0 Å². The third kappa shape index (κ3) is 4.63. The number of aromatic nitrogens is 4. The van der Waals surface area contributed by atoms with Gasteiger partial charge in [-0.25, -0.2) is 4.39 Å². The number of carbonyl (C=O) groups is 1. The maximum atomic E-state index is 13.7. The first-order valence-electron chi connectivity index (χ1n) is 11.0. The smallest absolute Gasteiger partial charge is 0.234 e. The molecule has 0 saturated heterocycles. The number of nitrogens with one attached hydrogen (secondary N) is 2. The first kappa shape index (κ1) is 23.4. The first-order chi connectivity index (χ1) is 17.6. The molecule has 0 aliphatic heterocycles. The van der Waals surface area contributed by atoms with E-state index in [1.54, 1.807) is 37.4 Å². The number of fused-ring (bicyclic) bond motifs is 1. The number of para-hydroxylation sites is 1. The summed E-state index contributed by atoms with van der Waals surface area (Å²) in [6, 6.07) is 19.1. The van der Waals surface area contributed by atoms with Crippen molar-refractivity contribution in [3.05, 3.63) is 78.7 Å². The molecule has 8 nitrogen and oxygen atoms in total. The second kappa shape index (κ2) is 10.1. The summed E-state index contributed by atoms with van der Waals surface area (Å²) in [6.07, 6.45) is 1.87. The fraction of sp³-hybridized carbons (Fsp3) is 0.115. The third-order valence-corrected chi connectivity index (χ3v) is 6.49. The quantitative estimate of drug-likeness (QED) is 0.279. The number of benzene rings is 3. The first-order valence-corrected chi connectivity index (χ1v) is 12.0. The van der Waals surface area contributed by atoms with Gasteiger partial charge in [0.2, 0.25) is 5.91 Å². The molecular formula is C26H22FN5O3S. The summed E-state index contributed by atoms with van der Waals surface area (Å²) in [5.74, 6) is 1.16. The highest BCUT2D eigenvalue weighted by molar-refractivity contribution is 7.99. The van der Waals surface area contributed by atoms with Crippen molar-refractivity contribution in [1.82, 2.24) is 19.7 Å². The molecule has 0 aliphatic carbocycles. The highest BCUT2D eigenvalue weighted by Crippen LogP contribution is 2.33. The zero-order valence-electron chi connectivity index (χ0n) is 19.5. The van der Waals surface area contributed by atoms with E-state index in [9.17, 15) is 9.18 Å². The van der Waals surface area contributed by atoms with Gasteiger partial charge in [0, 0.05) is 34.4 Å². The number of aromatic amines is 1. The van der Waals surface area contributed by atoms with Crippen molar-refractivity contribution in [3.8, 4) is 28.6 Å². The molecule has 2 aromatic heterocycles. The molecule has 0 spiro atoms. The lowest BCUT2D eigenvalue weighted by molar-refractivity contribution is -0.113. The number of carbonyl (C=O) groups excluding carboxylic acids is 1. The number of anilines is 1. The Morgan fingerprint density at radius 1 is 1.06 bits per heavy atom. The average molecular weight is 504 g/mol. The summed E-state index contributed by atoms with van der Waals surface area (Å²) in [4.78, 5) is 16.1. The maximum absolute atomic E-state index is 13.7. The number of halogens is 1. The number of amides is 1. The average Bonchev–Trinajstić information content (AvgIpc) is 3.52. The van der Waals surface area contributed by atoms with E-state index in [1.165, 1.54) is 31.0 Å². The van der Waals surface area contributed by atoms with Crippen LogP contribution in [0.25, 0.3) is 28.0 Å². The molecule has 5 rings (SSSR count). The molecule has 10 heteroatoms. The number of H-pyrrole nitrogens is 1. The van der Waals surface area contributed by atoms with Crippen LogP contribution in [-0.2, 0) is 4.79 Å². The van der Waals surface area contributed by atoms with Gasteiger partial charge in [0.25, 0.3) is 0 Å². The van der Waals surface area contributed by atoms with Gasteiger partial charge in [-0.2, -0.15) is 0 Å². The summed E-state index contributed by atoms with van der Waals surface area (Å²) < 4.78 is 26.1. The Balaban J connectivity index is 1.45. The van der Waals surface area contributed by atoms with Gasteiger partial charge in [0.1, 0.15) is 17.3 Å². The van der Waals surface area contributed by atoms with E-state index in [0.717, 1.165) is 16.5 Å². The zero-order chi connectivity index (χ0) is 25.1. The van der Waals surface area contributed by atoms with Gasteiger partial charge >= 0.3 is 0 Å². The molecule has 0 atom stereocenters. The molecule has 0 saturated carbocycles. The predicted octanol–water partition coefficient (Wildman–Crippen LogP) is 5.30. The molecule has 36 heavy (non-hydrogen) atoms. The summed E-state index contributed by atoms with van der Waals surface area (Å²) in [7, 11) is 3.08. The normalized spacial score (nSPS) is 11.0. The second-order valence-electron chi connectivity index (χ2n) is 7.77. The molecule has 0 unspecified atom stereocenters. The molecule has 0 fully saturated rings. The lowest BCUT2D eigenvalue weighted by Gasteiger charge is -2.12. The van der Waals surface area contributed by atoms with E-state index in [2.05, 4.69) is 20.5 Å². The summed E-state index contributed by atoms with van der Waals surface area (Å²) in [5.41, 5.74) is 2.99. The molecule has 2 N–H and O–H groups in total. The Morgan fingerprint density at radius 2 is 1.86 bits per heavy atom. The number of hydrogen-bond donors (Lipinski definition) is 2. The second-order valence-corrected chi connectivity index (χ2v) is 8.71. The van der Waals surface area contributed by atoms with Crippen LogP contribution in [0.5, 0.6) is 11.5 Å². The van der Waals surface area contributed by atoms with Crippen LogP contribution in [0.4, 0.5) is 10.1 Å². The van der Waals surface area contributed by atoms with Crippen LogP contribution in [-0.4, -0.2) is 45.6 Å². The molecule has 2 heterocycles. The van der Waals surface area contributed by atoms with Crippen molar-refractivity contribution in [2.45, 2.75) is 5.16 Å². The Kier molecular flexibility index (Phi) is 6.59. The topological polar surface area (TPSA) is 94.1 Å². The maximum Gasteiger partial charge on any atom is 0.234 e. The molecule has 0 bridgehead atoms. The number of nitrogens with zero attached hydrogens (tertiary/aromatic N) is 3. The number of ether oxygens (including phenoxy) is 2. The monoisotopic (exact) mass is 503 g/mol. The minimum atomic E-state index is -0.346. The van der Waals surface area contributed by atoms with Crippen molar-refractivity contribution >= 4 is 34.3 Å². The fourth-order valence-corrected chi connectivity index (χ4v) is 4.60. The van der Waals surface area contributed by atoms with Crippen LogP contribution in [0.2, 0.25) is 0 Å². The Morgan fingerprint density at radius 3 is 2.64 bits per heavy atom. The van der Waals surface area contributed by atoms with E-state index >= 15 is 0 Å². The molecule has 1 amide bonds. The van der Waals surface area contributed by atoms with E-state index in [-0.39, 0.29) is 17.5 Å². The highest BCUT2D eigenvalue weighted by atomic mass is 32.2. The van der Waals surface area contributed by atoms with Crippen molar-refractivity contribution in [2.75, 3.05) is 25.3 Å². The third-order valence-electron chi connectivity index (χ3n) is 5.56. The summed E-state index contributed by atoms with van der Waals surface area (Å²) in [6.45, 7) is 0. The fourth-order valence-electron chi connectivity index (χ4n) is 3.85. The van der Waals surface area contributed by atoms with Gasteiger partial charge in [-0.1, -0.05) is 30.0 Å². The largest absolute Gasteiger partial charge is 0.497 e. The highest BCUT2D eigenvalue weighted by Gasteiger charge is 2.20. The Bertz CT molecular complexity index is 1530. The number of methoxy groups -OCH3 is 2. The molecule has 0 radical (unpaired) electrons. The van der Waals surface area contributed by atoms with Crippen LogP contribution >= 0.6 is 11.8 Å². The van der Waals surface area contributed by atoms with Gasteiger partial charge in [-0.15, -0.1) is 10.2 Å². The van der Waals surface area contributed by atoms with E-state index < -0.39 is 0 Å². The van der Waals surface area contributed by atoms with Gasteiger partial charge in [0.15, 0.2) is 11.0 Å². The van der Waals surface area contributed by atoms with Gasteiger partial charge in [-0.3, -0.25) is 9.36 Å². The van der Waals surface area contributed by atoms with Gasteiger partial charge in [0.05, 0.1) is 25.7 Å².